The molecule has 3 aromatic rings. The molecule has 2 aromatic carbocycles. The second kappa shape index (κ2) is 11.2. The second-order valence-electron chi connectivity index (χ2n) is 7.34. The van der Waals surface area contributed by atoms with Gasteiger partial charge < -0.3 is 20.3 Å². The van der Waals surface area contributed by atoms with Crippen molar-refractivity contribution in [3.8, 4) is 11.6 Å². The average Bonchev–Trinajstić information content (AvgIpc) is 3.16. The first-order valence-corrected chi connectivity index (χ1v) is 10.3. The van der Waals surface area contributed by atoms with E-state index in [1.807, 2.05) is 18.2 Å². The highest BCUT2D eigenvalue weighted by Gasteiger charge is 2.20. The van der Waals surface area contributed by atoms with E-state index in [9.17, 15) is 18.4 Å². The quantitative estimate of drug-likeness (QED) is 0.484. The Balaban J connectivity index is 0.000000331. The number of benzene rings is 2. The van der Waals surface area contributed by atoms with Gasteiger partial charge >= 0.3 is 11.9 Å². The number of nitrogens with zero attached hydrogens (tertiary/aromatic N) is 2. The summed E-state index contributed by atoms with van der Waals surface area (Å²) >= 11 is 0. The fourth-order valence-corrected chi connectivity index (χ4v) is 3.41. The van der Waals surface area contributed by atoms with Crippen LogP contribution in [0.4, 0.5) is 8.78 Å². The van der Waals surface area contributed by atoms with Gasteiger partial charge in [0.25, 0.3) is 0 Å². The van der Waals surface area contributed by atoms with Crippen molar-refractivity contribution in [2.75, 3.05) is 19.7 Å². The molecule has 0 bridgehead atoms. The number of fused-ring (bicyclic) bond motifs is 1. The molecule has 1 aromatic heterocycles. The normalized spacial score (nSPS) is 15.8. The Bertz CT molecular complexity index is 1120. The first kappa shape index (κ1) is 23.9. The van der Waals surface area contributed by atoms with Crippen molar-refractivity contribution >= 4 is 22.8 Å². The van der Waals surface area contributed by atoms with Gasteiger partial charge in [-0.15, -0.1) is 5.10 Å². The molecule has 1 atom stereocenters. The van der Waals surface area contributed by atoms with Gasteiger partial charge in [0.15, 0.2) is 11.6 Å². The molecule has 1 aliphatic rings. The number of nitrogens with one attached hydrogen (secondary N) is 1. The molecule has 0 unspecified atom stereocenters. The minimum Gasteiger partial charge on any atom is -0.478 e. The van der Waals surface area contributed by atoms with Gasteiger partial charge in [0.1, 0.15) is 5.69 Å². The summed E-state index contributed by atoms with van der Waals surface area (Å²) in [6, 6.07) is 11.1. The van der Waals surface area contributed by atoms with Gasteiger partial charge in [-0.05, 0) is 43.7 Å². The molecule has 0 saturated carbocycles. The van der Waals surface area contributed by atoms with Crippen LogP contribution in [0.15, 0.2) is 54.6 Å². The Morgan fingerprint density at radius 2 is 1.76 bits per heavy atom. The number of piperidine rings is 1. The van der Waals surface area contributed by atoms with Crippen LogP contribution in [0.25, 0.3) is 16.6 Å². The highest BCUT2D eigenvalue weighted by Crippen LogP contribution is 2.30. The number of carboxylic acid groups (broad SMARTS) is 2. The first-order chi connectivity index (χ1) is 15.9. The first-order valence-electron chi connectivity index (χ1n) is 10.3. The van der Waals surface area contributed by atoms with Gasteiger partial charge in [0.2, 0.25) is 5.88 Å². The number of hydrogen-bond donors (Lipinski definition) is 3. The number of carboxylic acids is 2. The highest BCUT2D eigenvalue weighted by atomic mass is 19.1. The lowest BCUT2D eigenvalue weighted by atomic mass is 10.0. The Morgan fingerprint density at radius 1 is 1.09 bits per heavy atom. The molecule has 174 valence electrons. The van der Waals surface area contributed by atoms with Crippen LogP contribution in [0.5, 0.6) is 5.88 Å². The van der Waals surface area contributed by atoms with E-state index in [1.165, 1.54) is 22.9 Å². The highest BCUT2D eigenvalue weighted by molar-refractivity contribution is 5.89. The summed E-state index contributed by atoms with van der Waals surface area (Å²) < 4.78 is 35.6. The standard InChI is InChI=1S/C19H19F2N3O.C4H4O4/c20-15-7-3-8-16(21)18(15)24-17-9-2-1-6-14(17)19(23-24)25-12-13-5-4-10-22-11-13;5-3(6)1-2-4(7)8/h1-3,6-9,13,22H,4-5,10-12H2;1-2H,(H,5,6)(H,7,8)/t13-;/m0./s1. The third-order valence-corrected chi connectivity index (χ3v) is 4.93. The molecule has 2 heterocycles. The van der Waals surface area contributed by atoms with Crippen LogP contribution < -0.4 is 10.1 Å². The van der Waals surface area contributed by atoms with Crippen molar-refractivity contribution in [1.29, 1.82) is 0 Å². The summed E-state index contributed by atoms with van der Waals surface area (Å²) in [4.78, 5) is 19.1. The third-order valence-electron chi connectivity index (χ3n) is 4.93. The number of hydrogen-bond acceptors (Lipinski definition) is 5. The Hall–Kier alpha value is -3.79. The van der Waals surface area contributed by atoms with Gasteiger partial charge in [-0.1, -0.05) is 18.2 Å². The summed E-state index contributed by atoms with van der Waals surface area (Å²) in [7, 11) is 0. The molecule has 3 N–H and O–H groups in total. The lowest BCUT2D eigenvalue weighted by molar-refractivity contribution is -0.134. The lowest BCUT2D eigenvalue weighted by Gasteiger charge is -2.22. The van der Waals surface area contributed by atoms with E-state index in [2.05, 4.69) is 10.4 Å². The van der Waals surface area contributed by atoms with Crippen molar-refractivity contribution in [1.82, 2.24) is 15.1 Å². The number of para-hydroxylation sites is 2. The maximum absolute atomic E-state index is 14.2. The molecule has 4 rings (SSSR count). The minimum atomic E-state index is -1.26. The van der Waals surface area contributed by atoms with Crippen molar-refractivity contribution in [3.05, 3.63) is 66.3 Å². The van der Waals surface area contributed by atoms with Crippen LogP contribution in [-0.2, 0) is 9.59 Å². The van der Waals surface area contributed by atoms with E-state index in [0.717, 1.165) is 31.3 Å². The Kier molecular flexibility index (Phi) is 8.09. The number of aliphatic carboxylic acids is 2. The summed E-state index contributed by atoms with van der Waals surface area (Å²) in [6.45, 7) is 2.50. The number of aromatic nitrogens is 2. The maximum atomic E-state index is 14.2. The molecule has 8 nitrogen and oxygen atoms in total. The van der Waals surface area contributed by atoms with E-state index >= 15 is 0 Å². The van der Waals surface area contributed by atoms with Crippen LogP contribution in [0.3, 0.4) is 0 Å². The van der Waals surface area contributed by atoms with Gasteiger partial charge in [-0.2, -0.15) is 0 Å². The van der Waals surface area contributed by atoms with E-state index in [4.69, 9.17) is 14.9 Å². The maximum Gasteiger partial charge on any atom is 0.328 e. The largest absolute Gasteiger partial charge is 0.478 e. The minimum absolute atomic E-state index is 0.187. The zero-order valence-electron chi connectivity index (χ0n) is 17.6. The second-order valence-corrected chi connectivity index (χ2v) is 7.34. The van der Waals surface area contributed by atoms with Crippen molar-refractivity contribution < 1.29 is 33.3 Å². The smallest absolute Gasteiger partial charge is 0.328 e. The van der Waals surface area contributed by atoms with Crippen LogP contribution in [0.1, 0.15) is 12.8 Å². The lowest BCUT2D eigenvalue weighted by Crippen LogP contribution is -2.33. The average molecular weight is 459 g/mol. The predicted octanol–water partition coefficient (Wildman–Crippen LogP) is 3.39. The van der Waals surface area contributed by atoms with Gasteiger partial charge in [-0.3, -0.25) is 0 Å². The van der Waals surface area contributed by atoms with Crippen LogP contribution in [0.2, 0.25) is 0 Å². The van der Waals surface area contributed by atoms with E-state index in [0.29, 0.717) is 36.1 Å². The SMILES string of the molecule is Fc1cccc(F)c1-n1nc(OC[C@H]2CCCNC2)c2ccccc21.O=C(O)C=CC(=O)O. The number of ether oxygens (including phenoxy) is 1. The fraction of sp³-hybridized carbons (Fsp3) is 0.261. The van der Waals surface area contributed by atoms with Crippen molar-refractivity contribution in [2.45, 2.75) is 12.8 Å². The van der Waals surface area contributed by atoms with E-state index < -0.39 is 23.6 Å². The topological polar surface area (TPSA) is 114 Å². The molecule has 0 radical (unpaired) electrons. The van der Waals surface area contributed by atoms with E-state index in [-0.39, 0.29) is 5.69 Å². The van der Waals surface area contributed by atoms with Gasteiger partial charge in [0.05, 0.1) is 17.5 Å². The van der Waals surface area contributed by atoms with Gasteiger partial charge in [0, 0.05) is 24.6 Å². The van der Waals surface area contributed by atoms with Crippen molar-refractivity contribution in [2.24, 2.45) is 5.92 Å². The van der Waals surface area contributed by atoms with Crippen molar-refractivity contribution in [3.63, 3.8) is 0 Å². The van der Waals surface area contributed by atoms with Crippen LogP contribution in [0, 0.1) is 17.6 Å². The zero-order valence-corrected chi connectivity index (χ0v) is 17.6. The fourth-order valence-electron chi connectivity index (χ4n) is 3.41. The third kappa shape index (κ3) is 6.36. The van der Waals surface area contributed by atoms with E-state index in [1.54, 1.807) is 6.07 Å². The molecular formula is C23H23F2N3O5. The predicted molar refractivity (Wildman–Crippen MR) is 116 cm³/mol. The Morgan fingerprint density at radius 3 is 2.36 bits per heavy atom. The molecule has 10 heteroatoms. The molecule has 0 aliphatic carbocycles. The molecule has 1 aliphatic heterocycles. The van der Waals surface area contributed by atoms with Gasteiger partial charge in [-0.25, -0.2) is 23.1 Å². The zero-order chi connectivity index (χ0) is 23.8. The number of halogens is 2. The number of rotatable bonds is 6. The monoisotopic (exact) mass is 459 g/mol. The van der Waals surface area contributed by atoms with Crippen LogP contribution >= 0.6 is 0 Å². The summed E-state index contributed by atoms with van der Waals surface area (Å²) in [5.41, 5.74) is 0.427. The molecule has 1 saturated heterocycles. The molecule has 33 heavy (non-hydrogen) atoms. The summed E-state index contributed by atoms with van der Waals surface area (Å²) in [5.74, 6) is -3.00. The molecular weight excluding hydrogens is 436 g/mol. The molecule has 0 spiro atoms. The molecule has 1 fully saturated rings. The Labute approximate surface area is 188 Å². The number of carbonyl (C=O) groups is 2. The molecule has 0 amide bonds. The summed E-state index contributed by atoms with van der Waals surface area (Å²) in [6.07, 6.45) is 3.35. The summed E-state index contributed by atoms with van der Waals surface area (Å²) in [5, 5.41) is 24.1. The van der Waals surface area contributed by atoms with Crippen LogP contribution in [-0.4, -0.2) is 51.6 Å².